The van der Waals surface area contributed by atoms with Crippen molar-refractivity contribution in [1.82, 2.24) is 4.57 Å². The van der Waals surface area contributed by atoms with Crippen LogP contribution in [0.4, 0.5) is 5.69 Å². The predicted octanol–water partition coefficient (Wildman–Crippen LogP) is 2.74. The van der Waals surface area contributed by atoms with Gasteiger partial charge >= 0.3 is 5.97 Å². The molecule has 1 aromatic heterocycles. The molecule has 126 valence electrons. The highest BCUT2D eigenvalue weighted by Crippen LogP contribution is 2.20. The van der Waals surface area contributed by atoms with Crippen molar-refractivity contribution in [2.75, 3.05) is 7.11 Å². The molecule has 0 fully saturated rings. The van der Waals surface area contributed by atoms with Gasteiger partial charge in [-0.3, -0.25) is 14.9 Å². The van der Waals surface area contributed by atoms with Gasteiger partial charge in [0.2, 0.25) is 0 Å². The van der Waals surface area contributed by atoms with E-state index >= 15 is 0 Å². The van der Waals surface area contributed by atoms with Gasteiger partial charge in [0.1, 0.15) is 5.56 Å². The minimum atomic E-state index is -0.902. The first kappa shape index (κ1) is 16.4. The molecule has 25 heavy (non-hydrogen) atoms. The molecule has 0 amide bonds. The minimum absolute atomic E-state index is 0.103. The zero-order chi connectivity index (χ0) is 18.0. The highest BCUT2D eigenvalue weighted by Gasteiger charge is 2.20. The Morgan fingerprint density at radius 1 is 1.20 bits per heavy atom. The average Bonchev–Trinajstić information content (AvgIpc) is 2.62. The molecule has 0 radical (unpaired) electrons. The van der Waals surface area contributed by atoms with E-state index in [-0.39, 0.29) is 17.8 Å². The Balaban J connectivity index is 2.16. The molecule has 0 bridgehead atoms. The molecule has 0 atom stereocenters. The van der Waals surface area contributed by atoms with Gasteiger partial charge in [-0.05, 0) is 16.3 Å². The van der Waals surface area contributed by atoms with Gasteiger partial charge in [0.25, 0.3) is 11.2 Å². The van der Waals surface area contributed by atoms with Gasteiger partial charge in [-0.25, -0.2) is 4.79 Å². The number of hydrogen-bond donors (Lipinski definition) is 0. The summed E-state index contributed by atoms with van der Waals surface area (Å²) in [6, 6.07) is 14.2. The molecule has 3 aromatic rings. The van der Waals surface area contributed by atoms with Crippen LogP contribution in [-0.4, -0.2) is 22.6 Å². The minimum Gasteiger partial charge on any atom is -0.465 e. The van der Waals surface area contributed by atoms with Crippen molar-refractivity contribution in [3.8, 4) is 0 Å². The molecule has 0 aliphatic rings. The summed E-state index contributed by atoms with van der Waals surface area (Å²) in [4.78, 5) is 34.8. The third-order valence-electron chi connectivity index (χ3n) is 3.91. The molecule has 0 aliphatic carbocycles. The summed E-state index contributed by atoms with van der Waals surface area (Å²) in [6.45, 7) is 0.103. The second-order valence-electron chi connectivity index (χ2n) is 5.43. The van der Waals surface area contributed by atoms with Crippen LogP contribution < -0.4 is 5.56 Å². The van der Waals surface area contributed by atoms with E-state index in [4.69, 9.17) is 0 Å². The first-order chi connectivity index (χ1) is 12.0. The molecule has 0 aliphatic heterocycles. The molecule has 3 rings (SSSR count). The number of rotatable bonds is 4. The Hall–Kier alpha value is -3.48. The first-order valence-corrected chi connectivity index (χ1v) is 7.45. The maximum Gasteiger partial charge on any atom is 0.343 e. The zero-order valence-electron chi connectivity index (χ0n) is 13.3. The maximum atomic E-state index is 12.5. The smallest absolute Gasteiger partial charge is 0.343 e. The van der Waals surface area contributed by atoms with Crippen LogP contribution in [0.15, 0.2) is 59.5 Å². The number of pyridine rings is 1. The van der Waals surface area contributed by atoms with Crippen molar-refractivity contribution in [3.05, 3.63) is 86.3 Å². The van der Waals surface area contributed by atoms with Crippen molar-refractivity contribution in [2.45, 2.75) is 6.54 Å². The highest BCUT2D eigenvalue weighted by atomic mass is 16.6. The predicted molar refractivity (Wildman–Crippen MR) is 91.7 cm³/mol. The summed E-state index contributed by atoms with van der Waals surface area (Å²) >= 11 is 0. The van der Waals surface area contributed by atoms with E-state index < -0.39 is 16.5 Å². The fourth-order valence-corrected chi connectivity index (χ4v) is 2.71. The number of hydrogen-bond acceptors (Lipinski definition) is 5. The number of nitrogens with zero attached hydrogens (tertiary/aromatic N) is 2. The number of ether oxygens (including phenoxy) is 1. The highest BCUT2D eigenvalue weighted by molar-refractivity contribution is 5.89. The lowest BCUT2D eigenvalue weighted by molar-refractivity contribution is -0.385. The largest absolute Gasteiger partial charge is 0.465 e. The van der Waals surface area contributed by atoms with Crippen LogP contribution in [0.5, 0.6) is 0 Å². The van der Waals surface area contributed by atoms with E-state index in [1.54, 1.807) is 0 Å². The number of aromatic nitrogens is 1. The third kappa shape index (κ3) is 3.12. The van der Waals surface area contributed by atoms with Gasteiger partial charge in [0, 0.05) is 6.07 Å². The number of carbonyl (C=O) groups is 1. The summed E-state index contributed by atoms with van der Waals surface area (Å²) in [7, 11) is 1.12. The molecule has 0 unspecified atom stereocenters. The Kier molecular flexibility index (Phi) is 4.30. The van der Waals surface area contributed by atoms with E-state index in [1.807, 2.05) is 42.5 Å². The summed E-state index contributed by atoms with van der Waals surface area (Å²) < 4.78 is 5.71. The lowest BCUT2D eigenvalue weighted by Gasteiger charge is -2.10. The average molecular weight is 338 g/mol. The van der Waals surface area contributed by atoms with Crippen molar-refractivity contribution in [2.24, 2.45) is 0 Å². The summed E-state index contributed by atoms with van der Waals surface area (Å²) in [5.41, 5.74) is -0.529. The SMILES string of the molecule is COC(=O)c1cc([N+](=O)[O-])cn(Cc2cccc3ccccc23)c1=O. The molecule has 7 nitrogen and oxygen atoms in total. The molecular formula is C18H14N2O5. The number of carbonyl (C=O) groups excluding carboxylic acids is 1. The van der Waals surface area contributed by atoms with E-state index in [9.17, 15) is 19.7 Å². The Bertz CT molecular complexity index is 1030. The molecule has 2 aromatic carbocycles. The van der Waals surface area contributed by atoms with Crippen LogP contribution >= 0.6 is 0 Å². The Morgan fingerprint density at radius 2 is 1.92 bits per heavy atom. The molecule has 0 saturated heterocycles. The molecule has 7 heteroatoms. The first-order valence-electron chi connectivity index (χ1n) is 7.45. The van der Waals surface area contributed by atoms with E-state index in [0.29, 0.717) is 0 Å². The lowest BCUT2D eigenvalue weighted by Crippen LogP contribution is -2.27. The van der Waals surface area contributed by atoms with Crippen LogP contribution in [0.1, 0.15) is 15.9 Å². The van der Waals surface area contributed by atoms with Crippen LogP contribution in [0.3, 0.4) is 0 Å². The number of fused-ring (bicyclic) bond motifs is 1. The maximum absolute atomic E-state index is 12.5. The Morgan fingerprint density at radius 3 is 2.64 bits per heavy atom. The second kappa shape index (κ2) is 6.56. The number of methoxy groups -OCH3 is 1. The van der Waals surface area contributed by atoms with Gasteiger partial charge in [0.05, 0.1) is 24.8 Å². The van der Waals surface area contributed by atoms with Gasteiger partial charge in [-0.1, -0.05) is 42.5 Å². The fourth-order valence-electron chi connectivity index (χ4n) is 2.71. The van der Waals surface area contributed by atoms with Crippen LogP contribution in [-0.2, 0) is 11.3 Å². The summed E-state index contributed by atoms with van der Waals surface area (Å²) in [5.74, 6) is -0.902. The van der Waals surface area contributed by atoms with Crippen molar-refractivity contribution >= 4 is 22.4 Å². The number of nitro groups is 1. The van der Waals surface area contributed by atoms with E-state index in [0.717, 1.165) is 40.3 Å². The third-order valence-corrected chi connectivity index (χ3v) is 3.91. The monoisotopic (exact) mass is 338 g/mol. The number of esters is 1. The van der Waals surface area contributed by atoms with Gasteiger partial charge in [-0.2, -0.15) is 0 Å². The summed E-state index contributed by atoms with van der Waals surface area (Å²) in [6.07, 6.45) is 1.14. The van der Waals surface area contributed by atoms with Crippen molar-refractivity contribution < 1.29 is 14.5 Å². The molecule has 1 heterocycles. The zero-order valence-corrected chi connectivity index (χ0v) is 13.3. The quantitative estimate of drug-likeness (QED) is 0.414. The van der Waals surface area contributed by atoms with Gasteiger partial charge < -0.3 is 9.30 Å². The van der Waals surface area contributed by atoms with Gasteiger partial charge in [-0.15, -0.1) is 0 Å². The van der Waals surface area contributed by atoms with Crippen molar-refractivity contribution in [1.29, 1.82) is 0 Å². The Labute approximate surface area is 142 Å². The lowest BCUT2D eigenvalue weighted by atomic mass is 10.0. The van der Waals surface area contributed by atoms with Crippen LogP contribution in [0.2, 0.25) is 0 Å². The fraction of sp³-hybridized carbons (Fsp3) is 0.111. The molecule has 0 N–H and O–H groups in total. The second-order valence-corrected chi connectivity index (χ2v) is 5.43. The van der Waals surface area contributed by atoms with Crippen molar-refractivity contribution in [3.63, 3.8) is 0 Å². The van der Waals surface area contributed by atoms with E-state index in [2.05, 4.69) is 4.74 Å². The van der Waals surface area contributed by atoms with Crippen LogP contribution in [0, 0.1) is 10.1 Å². The summed E-state index contributed by atoms with van der Waals surface area (Å²) in [5, 5.41) is 13.1. The molecule has 0 spiro atoms. The standard InChI is InChI=1S/C18H14N2O5/c1-25-18(22)16-9-14(20(23)24)11-19(17(16)21)10-13-7-4-6-12-5-2-3-8-15(12)13/h2-9,11H,10H2,1H3. The van der Waals surface area contributed by atoms with Crippen LogP contribution in [0.25, 0.3) is 10.8 Å². The van der Waals surface area contributed by atoms with Gasteiger partial charge in [0.15, 0.2) is 0 Å². The topological polar surface area (TPSA) is 91.4 Å². The van der Waals surface area contributed by atoms with E-state index in [1.165, 1.54) is 0 Å². The number of benzene rings is 2. The molecular weight excluding hydrogens is 324 g/mol. The normalized spacial score (nSPS) is 10.6. The molecule has 0 saturated carbocycles.